The van der Waals surface area contributed by atoms with E-state index in [1.54, 1.807) is 12.1 Å². The molecular formula is C14H16N2O4. The molecule has 2 amide bonds. The largest absolute Gasteiger partial charge is 0.420 e. The van der Waals surface area contributed by atoms with Gasteiger partial charge in [-0.25, -0.2) is 4.79 Å². The van der Waals surface area contributed by atoms with E-state index in [-0.39, 0.29) is 13.8 Å². The Labute approximate surface area is 115 Å². The van der Waals surface area contributed by atoms with Gasteiger partial charge in [0.1, 0.15) is 6.04 Å². The lowest BCUT2D eigenvalue weighted by Crippen LogP contribution is -2.43. The van der Waals surface area contributed by atoms with Gasteiger partial charge < -0.3 is 4.42 Å². The average Bonchev–Trinajstić information content (AvgIpc) is 2.74. The molecule has 0 bridgehead atoms. The predicted octanol–water partition coefficient (Wildman–Crippen LogP) is 1.38. The average molecular weight is 276 g/mol. The van der Waals surface area contributed by atoms with Crippen molar-refractivity contribution in [3.05, 3.63) is 34.3 Å². The molecule has 2 aromatic rings. The standard InChI is InChI=1S/C14H14N2O4.H2/c1-2-8-3-4-9-11(7-8)20-14(19)16(9)10-5-6-12(17)15-13(10)18;/h3-4,7,10H,2,5-6H2,1H3,(H,15,17,18);1H/t10-;/m0./s1. The van der Waals surface area contributed by atoms with Gasteiger partial charge in [-0.3, -0.25) is 19.5 Å². The summed E-state index contributed by atoms with van der Waals surface area (Å²) in [4.78, 5) is 35.1. The van der Waals surface area contributed by atoms with E-state index in [9.17, 15) is 14.4 Å². The Morgan fingerprint density at radius 2 is 2.20 bits per heavy atom. The first kappa shape index (κ1) is 12.7. The minimum Gasteiger partial charge on any atom is -0.408 e. The molecule has 1 aromatic carbocycles. The highest BCUT2D eigenvalue weighted by atomic mass is 16.4. The van der Waals surface area contributed by atoms with Gasteiger partial charge in [0.05, 0.1) is 5.52 Å². The summed E-state index contributed by atoms with van der Waals surface area (Å²) < 4.78 is 6.54. The number of aromatic nitrogens is 1. The highest BCUT2D eigenvalue weighted by molar-refractivity contribution is 6.00. The number of carbonyl (C=O) groups excluding carboxylic acids is 2. The number of aryl methyl sites for hydroxylation is 1. The predicted molar refractivity (Wildman–Crippen MR) is 73.4 cm³/mol. The van der Waals surface area contributed by atoms with Crippen LogP contribution in [-0.4, -0.2) is 16.4 Å². The number of hydrogen-bond donors (Lipinski definition) is 1. The Hall–Kier alpha value is -2.37. The van der Waals surface area contributed by atoms with Crippen LogP contribution in [0, 0.1) is 0 Å². The summed E-state index contributed by atoms with van der Waals surface area (Å²) in [5.41, 5.74) is 2.11. The van der Waals surface area contributed by atoms with Gasteiger partial charge >= 0.3 is 5.76 Å². The first-order valence-corrected chi connectivity index (χ1v) is 6.58. The third-order valence-electron chi connectivity index (χ3n) is 3.61. The summed E-state index contributed by atoms with van der Waals surface area (Å²) in [6.45, 7) is 2.01. The van der Waals surface area contributed by atoms with Gasteiger partial charge in [-0.2, -0.15) is 0 Å². The first-order chi connectivity index (χ1) is 9.60. The molecule has 0 aliphatic carbocycles. The number of carbonyl (C=O) groups is 2. The Morgan fingerprint density at radius 3 is 2.90 bits per heavy atom. The number of amides is 2. The lowest BCUT2D eigenvalue weighted by molar-refractivity contribution is -0.135. The van der Waals surface area contributed by atoms with Gasteiger partial charge in [-0.1, -0.05) is 13.0 Å². The van der Waals surface area contributed by atoms with E-state index in [1.807, 2.05) is 13.0 Å². The Morgan fingerprint density at radius 1 is 1.40 bits per heavy atom. The van der Waals surface area contributed by atoms with E-state index in [0.717, 1.165) is 12.0 Å². The van der Waals surface area contributed by atoms with Gasteiger partial charge in [-0.05, 0) is 30.5 Å². The number of nitrogens with zero attached hydrogens (tertiary/aromatic N) is 1. The molecule has 0 spiro atoms. The van der Waals surface area contributed by atoms with Crippen molar-refractivity contribution in [2.75, 3.05) is 0 Å². The van der Waals surface area contributed by atoms with Crippen LogP contribution in [0.1, 0.15) is 32.8 Å². The van der Waals surface area contributed by atoms with E-state index in [1.165, 1.54) is 4.57 Å². The minimum absolute atomic E-state index is 0. The lowest BCUT2D eigenvalue weighted by Gasteiger charge is -2.21. The maximum atomic E-state index is 12.0. The summed E-state index contributed by atoms with van der Waals surface area (Å²) in [5.74, 6) is -1.33. The summed E-state index contributed by atoms with van der Waals surface area (Å²) in [5, 5.41) is 2.25. The quantitative estimate of drug-likeness (QED) is 0.840. The zero-order chi connectivity index (χ0) is 14.3. The molecule has 3 rings (SSSR count). The molecule has 20 heavy (non-hydrogen) atoms. The number of piperidine rings is 1. The van der Waals surface area contributed by atoms with Crippen LogP contribution in [0.5, 0.6) is 0 Å². The fourth-order valence-electron chi connectivity index (χ4n) is 2.52. The van der Waals surface area contributed by atoms with Gasteiger partial charge in [-0.15, -0.1) is 0 Å². The molecule has 1 fully saturated rings. The second-order valence-electron chi connectivity index (χ2n) is 4.86. The van der Waals surface area contributed by atoms with Crippen molar-refractivity contribution < 1.29 is 15.4 Å². The van der Waals surface area contributed by atoms with Crippen LogP contribution < -0.4 is 11.1 Å². The molecule has 0 unspecified atom stereocenters. The van der Waals surface area contributed by atoms with Crippen molar-refractivity contribution in [2.45, 2.75) is 32.2 Å². The van der Waals surface area contributed by atoms with Crippen LogP contribution in [0.3, 0.4) is 0 Å². The molecule has 1 atom stereocenters. The van der Waals surface area contributed by atoms with E-state index in [2.05, 4.69) is 5.32 Å². The summed E-state index contributed by atoms with van der Waals surface area (Å²) in [7, 11) is 0. The zero-order valence-electron chi connectivity index (χ0n) is 11.0. The van der Waals surface area contributed by atoms with Crippen molar-refractivity contribution in [3.8, 4) is 0 Å². The van der Waals surface area contributed by atoms with Crippen LogP contribution in [0.15, 0.2) is 27.4 Å². The number of imide groups is 1. The third-order valence-corrected chi connectivity index (χ3v) is 3.61. The number of oxazole rings is 1. The van der Waals surface area contributed by atoms with Crippen LogP contribution in [0.25, 0.3) is 11.1 Å². The van der Waals surface area contributed by atoms with Crippen molar-refractivity contribution in [1.82, 2.24) is 9.88 Å². The van der Waals surface area contributed by atoms with Gasteiger partial charge in [0.2, 0.25) is 11.8 Å². The maximum absolute atomic E-state index is 12.0. The SMILES string of the molecule is CCc1ccc2c(c1)oc(=O)n2[C@H]1CCC(=O)NC1=O.[HH]. The smallest absolute Gasteiger partial charge is 0.408 e. The van der Waals surface area contributed by atoms with E-state index in [0.29, 0.717) is 17.5 Å². The van der Waals surface area contributed by atoms with E-state index in [4.69, 9.17) is 4.42 Å². The summed E-state index contributed by atoms with van der Waals surface area (Å²) in [6, 6.07) is 4.80. The van der Waals surface area contributed by atoms with Crippen molar-refractivity contribution in [2.24, 2.45) is 0 Å². The minimum atomic E-state index is -0.686. The summed E-state index contributed by atoms with van der Waals surface area (Å²) in [6.07, 6.45) is 1.38. The monoisotopic (exact) mass is 276 g/mol. The van der Waals surface area contributed by atoms with Gasteiger partial charge in [0.25, 0.3) is 0 Å². The van der Waals surface area contributed by atoms with Gasteiger partial charge in [0.15, 0.2) is 5.58 Å². The Balaban J connectivity index is 0.00000161. The van der Waals surface area contributed by atoms with E-state index < -0.39 is 17.7 Å². The van der Waals surface area contributed by atoms with Crippen LogP contribution in [0.2, 0.25) is 0 Å². The Bertz CT molecular complexity index is 762. The third kappa shape index (κ3) is 1.93. The molecule has 0 saturated carbocycles. The molecule has 6 nitrogen and oxygen atoms in total. The number of fused-ring (bicyclic) bond motifs is 1. The van der Waals surface area contributed by atoms with Crippen molar-refractivity contribution in [3.63, 3.8) is 0 Å². The molecule has 106 valence electrons. The molecule has 1 aliphatic rings. The van der Waals surface area contributed by atoms with Crippen molar-refractivity contribution >= 4 is 22.9 Å². The lowest BCUT2D eigenvalue weighted by atomic mass is 10.1. The van der Waals surface area contributed by atoms with Crippen LogP contribution in [0.4, 0.5) is 0 Å². The number of hydrogen-bond acceptors (Lipinski definition) is 4. The molecule has 2 heterocycles. The second kappa shape index (κ2) is 4.63. The number of rotatable bonds is 2. The molecule has 1 saturated heterocycles. The highest BCUT2D eigenvalue weighted by Crippen LogP contribution is 2.23. The second-order valence-corrected chi connectivity index (χ2v) is 4.86. The zero-order valence-corrected chi connectivity index (χ0v) is 11.0. The Kier molecular flexibility index (Phi) is 2.93. The molecule has 6 heteroatoms. The maximum Gasteiger partial charge on any atom is 0.420 e. The highest BCUT2D eigenvalue weighted by Gasteiger charge is 2.31. The van der Waals surface area contributed by atoms with Gasteiger partial charge in [0, 0.05) is 7.85 Å². The van der Waals surface area contributed by atoms with Crippen molar-refractivity contribution in [1.29, 1.82) is 0 Å². The normalized spacial score (nSPS) is 19.4. The molecule has 1 N–H and O–H groups in total. The topological polar surface area (TPSA) is 81.3 Å². The molecule has 0 radical (unpaired) electrons. The molecule has 1 aliphatic heterocycles. The number of nitrogens with one attached hydrogen (secondary N) is 1. The molecular weight excluding hydrogens is 260 g/mol. The van der Waals surface area contributed by atoms with E-state index >= 15 is 0 Å². The molecule has 1 aromatic heterocycles. The summed E-state index contributed by atoms with van der Waals surface area (Å²) >= 11 is 0. The number of benzene rings is 1. The fraction of sp³-hybridized carbons (Fsp3) is 0.357. The van der Waals surface area contributed by atoms with Crippen LogP contribution >= 0.6 is 0 Å². The first-order valence-electron chi connectivity index (χ1n) is 6.58. The van der Waals surface area contributed by atoms with Crippen LogP contribution in [-0.2, 0) is 16.0 Å². The fourth-order valence-corrected chi connectivity index (χ4v) is 2.52.